The molecule has 0 spiro atoms. The van der Waals surface area contributed by atoms with E-state index in [9.17, 15) is 0 Å². The molecule has 7 heteroatoms. The highest BCUT2D eigenvalue weighted by atomic mass is 16.5. The van der Waals surface area contributed by atoms with Crippen LogP contribution in [0.1, 0.15) is 12.1 Å². The van der Waals surface area contributed by atoms with Gasteiger partial charge >= 0.3 is 0 Å². The van der Waals surface area contributed by atoms with Gasteiger partial charge in [0.05, 0.1) is 18.4 Å². The van der Waals surface area contributed by atoms with E-state index in [0.717, 1.165) is 36.8 Å². The van der Waals surface area contributed by atoms with Gasteiger partial charge in [-0.15, -0.1) is 0 Å². The molecule has 1 atom stereocenters. The number of hydrogen-bond donors (Lipinski definition) is 0. The minimum absolute atomic E-state index is 0.193. The van der Waals surface area contributed by atoms with Crippen molar-refractivity contribution >= 4 is 5.82 Å². The van der Waals surface area contributed by atoms with E-state index in [1.54, 1.807) is 25.0 Å². The lowest BCUT2D eigenvalue weighted by molar-refractivity contribution is 0.0533. The van der Waals surface area contributed by atoms with Gasteiger partial charge in [0.1, 0.15) is 24.3 Å². The predicted octanol–water partition coefficient (Wildman–Crippen LogP) is 1.85. The number of nitrogens with zero attached hydrogens (tertiary/aromatic N) is 6. The highest BCUT2D eigenvalue weighted by molar-refractivity contribution is 5.44. The van der Waals surface area contributed by atoms with Crippen LogP contribution in [-0.2, 0) is 11.3 Å². The number of imidazole rings is 1. The Balaban J connectivity index is 1.39. The highest BCUT2D eigenvalue weighted by Gasteiger charge is 2.24. The van der Waals surface area contributed by atoms with Gasteiger partial charge in [0, 0.05) is 37.7 Å². The first kappa shape index (κ1) is 14.8. The van der Waals surface area contributed by atoms with Gasteiger partial charge in [-0.05, 0) is 18.6 Å². The highest BCUT2D eigenvalue weighted by Crippen LogP contribution is 2.21. The molecule has 4 heterocycles. The second-order valence-electron chi connectivity index (χ2n) is 5.69. The fourth-order valence-electron chi connectivity index (χ4n) is 2.81. The maximum absolute atomic E-state index is 5.98. The Morgan fingerprint density at radius 1 is 1.12 bits per heavy atom. The van der Waals surface area contributed by atoms with Crippen LogP contribution in [0.3, 0.4) is 0 Å². The first-order chi connectivity index (χ1) is 11.9. The van der Waals surface area contributed by atoms with Crippen LogP contribution < -0.4 is 4.90 Å². The lowest BCUT2D eigenvalue weighted by atomic mass is 10.3. The fourth-order valence-corrected chi connectivity index (χ4v) is 2.81. The molecule has 1 fully saturated rings. The zero-order valence-electron chi connectivity index (χ0n) is 13.2. The molecule has 0 aliphatic carbocycles. The van der Waals surface area contributed by atoms with E-state index in [4.69, 9.17) is 4.74 Å². The summed E-state index contributed by atoms with van der Waals surface area (Å²) in [6.45, 7) is 2.30. The lowest BCUT2D eigenvalue weighted by Crippen LogP contribution is -2.24. The molecule has 3 aromatic rings. The second kappa shape index (κ2) is 6.76. The Bertz CT molecular complexity index is 777. The van der Waals surface area contributed by atoms with Gasteiger partial charge in [-0.2, -0.15) is 0 Å². The van der Waals surface area contributed by atoms with Crippen molar-refractivity contribution in [2.45, 2.75) is 19.1 Å². The number of pyridine rings is 1. The molecule has 0 saturated carbocycles. The van der Waals surface area contributed by atoms with Gasteiger partial charge in [0.15, 0.2) is 0 Å². The molecule has 4 rings (SSSR count). The minimum atomic E-state index is 0.193. The van der Waals surface area contributed by atoms with Crippen molar-refractivity contribution in [3.63, 3.8) is 0 Å². The molecular weight excluding hydrogens is 304 g/mol. The summed E-state index contributed by atoms with van der Waals surface area (Å²) in [5.74, 6) is 1.73. The van der Waals surface area contributed by atoms with Crippen LogP contribution in [0.15, 0.2) is 55.5 Å². The molecule has 0 radical (unpaired) electrons. The number of rotatable bonds is 5. The van der Waals surface area contributed by atoms with Gasteiger partial charge in [-0.3, -0.25) is 9.55 Å². The summed E-state index contributed by atoms with van der Waals surface area (Å²) in [7, 11) is 0. The van der Waals surface area contributed by atoms with Crippen LogP contribution in [0.5, 0.6) is 0 Å². The lowest BCUT2D eigenvalue weighted by Gasteiger charge is -2.18. The molecule has 0 N–H and O–H groups in total. The molecule has 0 unspecified atom stereocenters. The number of anilines is 1. The van der Waals surface area contributed by atoms with Crippen LogP contribution in [0.25, 0.3) is 5.82 Å². The molecule has 24 heavy (non-hydrogen) atoms. The minimum Gasteiger partial charge on any atom is -0.370 e. The Kier molecular flexibility index (Phi) is 4.16. The summed E-state index contributed by atoms with van der Waals surface area (Å²) < 4.78 is 7.85. The molecule has 7 nitrogen and oxygen atoms in total. The average molecular weight is 322 g/mol. The van der Waals surface area contributed by atoms with Gasteiger partial charge < -0.3 is 9.64 Å². The topological polar surface area (TPSA) is 69.0 Å². The molecule has 1 aliphatic heterocycles. The van der Waals surface area contributed by atoms with Crippen molar-refractivity contribution in [1.29, 1.82) is 0 Å². The number of hydrogen-bond acceptors (Lipinski definition) is 6. The molecule has 1 saturated heterocycles. The summed E-state index contributed by atoms with van der Waals surface area (Å²) in [6, 6.07) is 7.84. The summed E-state index contributed by atoms with van der Waals surface area (Å²) in [5.41, 5.74) is 0.959. The van der Waals surface area contributed by atoms with Crippen LogP contribution in [0, 0.1) is 0 Å². The van der Waals surface area contributed by atoms with E-state index in [-0.39, 0.29) is 6.10 Å². The van der Waals surface area contributed by atoms with Crippen LogP contribution in [0.4, 0.5) is 5.82 Å². The fraction of sp³-hybridized carbons (Fsp3) is 0.294. The van der Waals surface area contributed by atoms with Gasteiger partial charge in [-0.1, -0.05) is 6.07 Å². The average Bonchev–Trinajstić information content (AvgIpc) is 3.33. The van der Waals surface area contributed by atoms with E-state index in [1.807, 2.05) is 35.0 Å². The maximum atomic E-state index is 5.98. The number of ether oxygens (including phenoxy) is 1. The van der Waals surface area contributed by atoms with Crippen molar-refractivity contribution < 1.29 is 4.74 Å². The third-order valence-electron chi connectivity index (χ3n) is 4.07. The maximum Gasteiger partial charge on any atom is 0.143 e. The Morgan fingerprint density at radius 2 is 2.08 bits per heavy atom. The van der Waals surface area contributed by atoms with E-state index in [1.165, 1.54) is 0 Å². The van der Waals surface area contributed by atoms with Crippen molar-refractivity contribution in [3.8, 4) is 5.82 Å². The Labute approximate surface area is 140 Å². The van der Waals surface area contributed by atoms with Crippen LogP contribution in [0.2, 0.25) is 0 Å². The second-order valence-corrected chi connectivity index (χ2v) is 5.69. The molecule has 0 amide bonds. The van der Waals surface area contributed by atoms with Crippen molar-refractivity contribution in [2.75, 3.05) is 18.0 Å². The quantitative estimate of drug-likeness (QED) is 0.714. The normalized spacial score (nSPS) is 17.3. The van der Waals surface area contributed by atoms with Gasteiger partial charge in [0.25, 0.3) is 0 Å². The third-order valence-corrected chi connectivity index (χ3v) is 4.07. The van der Waals surface area contributed by atoms with Crippen molar-refractivity contribution in [3.05, 3.63) is 61.2 Å². The Hall–Kier alpha value is -2.80. The van der Waals surface area contributed by atoms with Gasteiger partial charge in [-0.25, -0.2) is 15.0 Å². The molecule has 0 bridgehead atoms. The monoisotopic (exact) mass is 322 g/mol. The molecule has 1 aliphatic rings. The number of aromatic nitrogens is 5. The molecule has 122 valence electrons. The zero-order valence-corrected chi connectivity index (χ0v) is 13.2. The summed E-state index contributed by atoms with van der Waals surface area (Å²) >= 11 is 0. The molecule has 3 aromatic heterocycles. The standard InChI is InChI=1S/C17H18N6O/c1-2-5-19-14(3-1)11-24-15-4-7-22(10-15)16-9-17(21-12-20-16)23-8-6-18-13-23/h1-3,5-6,8-9,12-13,15H,4,7,10-11H2/t15-/m0/s1. The van der Waals surface area contributed by atoms with Crippen molar-refractivity contribution in [2.24, 2.45) is 0 Å². The van der Waals surface area contributed by atoms with E-state index in [2.05, 4.69) is 24.8 Å². The SMILES string of the molecule is c1ccc(CO[C@H]2CCN(c3cc(-n4ccnc4)ncn3)C2)nc1. The molecule has 0 aromatic carbocycles. The van der Waals surface area contributed by atoms with Crippen LogP contribution >= 0.6 is 0 Å². The van der Waals surface area contributed by atoms with E-state index < -0.39 is 0 Å². The van der Waals surface area contributed by atoms with Crippen LogP contribution in [-0.4, -0.2) is 43.7 Å². The zero-order chi connectivity index (χ0) is 16.2. The summed E-state index contributed by atoms with van der Waals surface area (Å²) in [5, 5.41) is 0. The molecular formula is C17H18N6O. The first-order valence-electron chi connectivity index (χ1n) is 7.95. The van der Waals surface area contributed by atoms with Gasteiger partial charge in [0.2, 0.25) is 0 Å². The Morgan fingerprint density at radius 3 is 2.92 bits per heavy atom. The smallest absolute Gasteiger partial charge is 0.143 e. The third kappa shape index (κ3) is 3.26. The van der Waals surface area contributed by atoms with Crippen molar-refractivity contribution in [1.82, 2.24) is 24.5 Å². The summed E-state index contributed by atoms with van der Waals surface area (Å²) in [4.78, 5) is 19.3. The first-order valence-corrected chi connectivity index (χ1v) is 7.95. The largest absolute Gasteiger partial charge is 0.370 e. The predicted molar refractivity (Wildman–Crippen MR) is 88.8 cm³/mol. The van der Waals surface area contributed by atoms with E-state index in [0.29, 0.717) is 6.61 Å². The van der Waals surface area contributed by atoms with E-state index >= 15 is 0 Å². The summed E-state index contributed by atoms with van der Waals surface area (Å²) in [6.07, 6.45) is 9.89.